The molecule has 1 amide bonds. The molecule has 6 heteroatoms. The van der Waals surface area contributed by atoms with Crippen molar-refractivity contribution in [3.8, 4) is 16.9 Å². The molecule has 3 aromatic rings. The number of carbonyl (C=O) groups excluding carboxylic acids is 1. The van der Waals surface area contributed by atoms with Crippen LogP contribution in [0.4, 0.5) is 5.95 Å². The van der Waals surface area contributed by atoms with Crippen molar-refractivity contribution in [3.63, 3.8) is 0 Å². The van der Waals surface area contributed by atoms with Crippen LogP contribution in [0.2, 0.25) is 0 Å². The largest absolute Gasteiger partial charge is 0.497 e. The SMILES string of the molecule is COc1cccc(CNC(=O)C2CCN(c3ncc(-c4cccc(C)c4)cn3)CC2)c1. The quantitative estimate of drug-likeness (QED) is 0.658. The van der Waals surface area contributed by atoms with Crippen LogP contribution in [0.5, 0.6) is 5.75 Å². The van der Waals surface area contributed by atoms with Crippen molar-refractivity contribution in [1.29, 1.82) is 0 Å². The molecular weight excluding hydrogens is 388 g/mol. The first-order chi connectivity index (χ1) is 15.1. The van der Waals surface area contributed by atoms with Gasteiger partial charge in [-0.05, 0) is 43.0 Å². The van der Waals surface area contributed by atoms with E-state index in [1.165, 1.54) is 5.56 Å². The van der Waals surface area contributed by atoms with Crippen LogP contribution in [0.1, 0.15) is 24.0 Å². The second-order valence-corrected chi connectivity index (χ2v) is 7.97. The van der Waals surface area contributed by atoms with Crippen molar-refractivity contribution in [2.45, 2.75) is 26.3 Å². The van der Waals surface area contributed by atoms with Crippen LogP contribution < -0.4 is 15.0 Å². The fourth-order valence-electron chi connectivity index (χ4n) is 3.92. The summed E-state index contributed by atoms with van der Waals surface area (Å²) in [5.41, 5.74) is 4.39. The standard InChI is InChI=1S/C25H28N4O2/c1-18-5-3-7-21(13-18)22-16-27-25(28-17-22)29-11-9-20(10-12-29)24(30)26-15-19-6-4-8-23(14-19)31-2/h3-8,13-14,16-17,20H,9-12,15H2,1-2H3,(H,26,30). The van der Waals surface area contributed by atoms with Gasteiger partial charge >= 0.3 is 0 Å². The number of hydrogen-bond acceptors (Lipinski definition) is 5. The van der Waals surface area contributed by atoms with E-state index in [2.05, 4.69) is 45.3 Å². The number of piperidine rings is 1. The number of aryl methyl sites for hydroxylation is 1. The molecule has 6 nitrogen and oxygen atoms in total. The van der Waals surface area contributed by atoms with Crippen molar-refractivity contribution < 1.29 is 9.53 Å². The lowest BCUT2D eigenvalue weighted by Crippen LogP contribution is -2.41. The Kier molecular flexibility index (Phi) is 6.46. The van der Waals surface area contributed by atoms with Crippen molar-refractivity contribution in [2.75, 3.05) is 25.1 Å². The zero-order valence-corrected chi connectivity index (χ0v) is 18.0. The predicted octanol–water partition coefficient (Wildman–Crippen LogP) is 3.99. The molecule has 0 aliphatic carbocycles. The first-order valence-corrected chi connectivity index (χ1v) is 10.7. The Bertz CT molecular complexity index is 1030. The van der Waals surface area contributed by atoms with Gasteiger partial charge in [0, 0.05) is 43.5 Å². The van der Waals surface area contributed by atoms with Gasteiger partial charge in [0.15, 0.2) is 0 Å². The first kappa shape index (κ1) is 20.8. The molecule has 0 bridgehead atoms. The highest BCUT2D eigenvalue weighted by atomic mass is 16.5. The number of aromatic nitrogens is 2. The number of nitrogens with one attached hydrogen (secondary N) is 1. The molecule has 0 saturated carbocycles. The van der Waals surface area contributed by atoms with Crippen LogP contribution in [0.15, 0.2) is 60.9 Å². The van der Waals surface area contributed by atoms with Crippen LogP contribution in [0.3, 0.4) is 0 Å². The molecule has 1 aromatic heterocycles. The van der Waals surface area contributed by atoms with Crippen LogP contribution in [-0.2, 0) is 11.3 Å². The summed E-state index contributed by atoms with van der Waals surface area (Å²) >= 11 is 0. The number of nitrogens with zero attached hydrogens (tertiary/aromatic N) is 3. The van der Waals surface area contributed by atoms with E-state index in [-0.39, 0.29) is 11.8 Å². The number of benzene rings is 2. The monoisotopic (exact) mass is 416 g/mol. The predicted molar refractivity (Wildman–Crippen MR) is 122 cm³/mol. The zero-order chi connectivity index (χ0) is 21.6. The molecule has 0 spiro atoms. The minimum atomic E-state index is 0.0217. The summed E-state index contributed by atoms with van der Waals surface area (Å²) in [6.45, 7) is 4.15. The summed E-state index contributed by atoms with van der Waals surface area (Å²) < 4.78 is 5.24. The Morgan fingerprint density at radius 3 is 2.52 bits per heavy atom. The number of ether oxygens (including phenoxy) is 1. The molecule has 2 aromatic carbocycles. The van der Waals surface area contributed by atoms with E-state index in [0.717, 1.165) is 54.3 Å². The molecule has 1 aliphatic heterocycles. The fraction of sp³-hybridized carbons (Fsp3) is 0.320. The highest BCUT2D eigenvalue weighted by molar-refractivity contribution is 5.79. The molecule has 0 radical (unpaired) electrons. The van der Waals surface area contributed by atoms with Crippen LogP contribution >= 0.6 is 0 Å². The van der Waals surface area contributed by atoms with E-state index in [1.807, 2.05) is 42.7 Å². The first-order valence-electron chi connectivity index (χ1n) is 10.7. The zero-order valence-electron chi connectivity index (χ0n) is 18.0. The van der Waals surface area contributed by atoms with Gasteiger partial charge in [-0.25, -0.2) is 9.97 Å². The maximum Gasteiger partial charge on any atom is 0.225 e. The lowest BCUT2D eigenvalue weighted by molar-refractivity contribution is -0.125. The van der Waals surface area contributed by atoms with E-state index in [4.69, 9.17) is 4.74 Å². The van der Waals surface area contributed by atoms with E-state index in [9.17, 15) is 4.79 Å². The highest BCUT2D eigenvalue weighted by Crippen LogP contribution is 2.23. The average molecular weight is 417 g/mol. The maximum absolute atomic E-state index is 12.6. The molecule has 31 heavy (non-hydrogen) atoms. The molecule has 1 fully saturated rings. The molecule has 1 saturated heterocycles. The molecule has 160 valence electrons. The number of anilines is 1. The van der Waals surface area contributed by atoms with Crippen molar-refractivity contribution in [2.24, 2.45) is 5.92 Å². The van der Waals surface area contributed by atoms with Crippen molar-refractivity contribution in [3.05, 3.63) is 72.1 Å². The Hall–Kier alpha value is -3.41. The fourth-order valence-corrected chi connectivity index (χ4v) is 3.92. The summed E-state index contributed by atoms with van der Waals surface area (Å²) in [6, 6.07) is 16.1. The summed E-state index contributed by atoms with van der Waals surface area (Å²) in [5.74, 6) is 1.66. The van der Waals surface area contributed by atoms with Crippen LogP contribution in [0, 0.1) is 12.8 Å². The summed E-state index contributed by atoms with van der Waals surface area (Å²) in [4.78, 5) is 23.9. The molecule has 0 unspecified atom stereocenters. The summed E-state index contributed by atoms with van der Waals surface area (Å²) in [5, 5.41) is 3.06. The van der Waals surface area contributed by atoms with Crippen molar-refractivity contribution >= 4 is 11.9 Å². The molecule has 2 heterocycles. The second kappa shape index (κ2) is 9.60. The third-order valence-electron chi connectivity index (χ3n) is 5.74. The molecule has 1 aliphatic rings. The molecular formula is C25H28N4O2. The van der Waals surface area contributed by atoms with Gasteiger partial charge in [-0.2, -0.15) is 0 Å². The van der Waals surface area contributed by atoms with Gasteiger partial charge in [0.05, 0.1) is 7.11 Å². The van der Waals surface area contributed by atoms with Gasteiger partial charge in [-0.1, -0.05) is 42.0 Å². The topological polar surface area (TPSA) is 67.3 Å². The Morgan fingerprint density at radius 2 is 1.81 bits per heavy atom. The van der Waals surface area contributed by atoms with Crippen molar-refractivity contribution in [1.82, 2.24) is 15.3 Å². The Balaban J connectivity index is 1.29. The molecule has 1 N–H and O–H groups in total. The molecule has 4 rings (SSSR count). The number of amides is 1. The third-order valence-corrected chi connectivity index (χ3v) is 5.74. The van der Waals surface area contributed by atoms with E-state index < -0.39 is 0 Å². The van der Waals surface area contributed by atoms with Crippen LogP contribution in [-0.4, -0.2) is 36.1 Å². The third kappa shape index (κ3) is 5.20. The minimum absolute atomic E-state index is 0.0217. The lowest BCUT2D eigenvalue weighted by atomic mass is 9.96. The van der Waals surface area contributed by atoms with Gasteiger partial charge in [0.1, 0.15) is 5.75 Å². The van der Waals surface area contributed by atoms with E-state index >= 15 is 0 Å². The average Bonchev–Trinajstić information content (AvgIpc) is 2.83. The van der Waals surface area contributed by atoms with Gasteiger partial charge < -0.3 is 15.0 Å². The van der Waals surface area contributed by atoms with E-state index in [1.54, 1.807) is 7.11 Å². The highest BCUT2D eigenvalue weighted by Gasteiger charge is 2.26. The van der Waals surface area contributed by atoms with Gasteiger partial charge in [0.2, 0.25) is 11.9 Å². The Labute approximate surface area is 183 Å². The van der Waals surface area contributed by atoms with Gasteiger partial charge in [0.25, 0.3) is 0 Å². The van der Waals surface area contributed by atoms with Gasteiger partial charge in [-0.15, -0.1) is 0 Å². The number of methoxy groups -OCH3 is 1. The van der Waals surface area contributed by atoms with Gasteiger partial charge in [-0.3, -0.25) is 4.79 Å². The summed E-state index contributed by atoms with van der Waals surface area (Å²) in [7, 11) is 1.64. The maximum atomic E-state index is 12.6. The lowest BCUT2D eigenvalue weighted by Gasteiger charge is -2.31. The number of hydrogen-bond donors (Lipinski definition) is 1. The smallest absolute Gasteiger partial charge is 0.225 e. The van der Waals surface area contributed by atoms with E-state index in [0.29, 0.717) is 6.54 Å². The number of carbonyl (C=O) groups is 1. The molecule has 0 atom stereocenters. The minimum Gasteiger partial charge on any atom is -0.497 e. The normalized spacial score (nSPS) is 14.3. The second-order valence-electron chi connectivity index (χ2n) is 7.97. The summed E-state index contributed by atoms with van der Waals surface area (Å²) in [6.07, 6.45) is 5.36. The van der Waals surface area contributed by atoms with Crippen LogP contribution in [0.25, 0.3) is 11.1 Å². The Morgan fingerprint density at radius 1 is 1.06 bits per heavy atom. The number of rotatable bonds is 6.